The van der Waals surface area contributed by atoms with Crippen LogP contribution in [-0.4, -0.2) is 36.7 Å². The van der Waals surface area contributed by atoms with Gasteiger partial charge in [-0.05, 0) is 48.7 Å². The highest BCUT2D eigenvalue weighted by molar-refractivity contribution is 7.89. The molecule has 2 heterocycles. The normalized spacial score (nSPS) is 15.6. The third-order valence-corrected chi connectivity index (χ3v) is 7.95. The summed E-state index contributed by atoms with van der Waals surface area (Å²) in [6, 6.07) is 14.6. The summed E-state index contributed by atoms with van der Waals surface area (Å²) in [6.45, 7) is 1.50. The van der Waals surface area contributed by atoms with Crippen molar-refractivity contribution in [3.05, 3.63) is 65.2 Å². The predicted octanol–water partition coefficient (Wildman–Crippen LogP) is 3.80. The molecule has 1 aliphatic heterocycles. The van der Waals surface area contributed by atoms with Gasteiger partial charge in [-0.2, -0.15) is 4.31 Å². The smallest absolute Gasteiger partial charge is 0.244 e. The molecule has 2 aromatic carbocycles. The van der Waals surface area contributed by atoms with Crippen LogP contribution in [0.15, 0.2) is 59.5 Å². The van der Waals surface area contributed by atoms with E-state index in [0.29, 0.717) is 24.5 Å². The average Bonchev–Trinajstić information content (AvgIpc) is 3.20. The van der Waals surface area contributed by atoms with Crippen LogP contribution in [-0.2, 0) is 21.4 Å². The number of carbonyl (C=O) groups is 1. The number of benzene rings is 2. The number of sulfonamides is 1. The summed E-state index contributed by atoms with van der Waals surface area (Å²) in [5.74, 6) is -0.223. The monoisotopic (exact) mass is 441 g/mol. The van der Waals surface area contributed by atoms with E-state index in [9.17, 15) is 13.2 Å². The van der Waals surface area contributed by atoms with Crippen molar-refractivity contribution in [2.45, 2.75) is 30.7 Å². The van der Waals surface area contributed by atoms with Crippen LogP contribution in [0.3, 0.4) is 0 Å². The van der Waals surface area contributed by atoms with Crippen molar-refractivity contribution in [2.24, 2.45) is 0 Å². The summed E-state index contributed by atoms with van der Waals surface area (Å²) < 4.78 is 28.0. The highest BCUT2D eigenvalue weighted by Gasteiger charge is 2.25. The molecule has 0 atom stereocenters. The summed E-state index contributed by atoms with van der Waals surface area (Å²) >= 11 is 1.53. The van der Waals surface area contributed by atoms with E-state index in [0.717, 1.165) is 40.1 Å². The van der Waals surface area contributed by atoms with Crippen LogP contribution >= 0.6 is 11.3 Å². The first-order valence-electron chi connectivity index (χ1n) is 9.93. The maximum absolute atomic E-state index is 12.7. The standard InChI is InChI=1S/C22H23N3O3S2/c26-21(12-13-22-24-19-6-2-3-7-20(19)29-22)23-16-17-8-10-18(11-9-17)30(27,28)25-14-4-1-5-15-25/h2-3,6-13H,1,4-5,14-16H2,(H,23,26)/b13-12+. The van der Waals surface area contributed by atoms with Crippen molar-refractivity contribution in [1.82, 2.24) is 14.6 Å². The maximum Gasteiger partial charge on any atom is 0.244 e. The van der Waals surface area contributed by atoms with E-state index in [4.69, 9.17) is 0 Å². The SMILES string of the molecule is O=C(/C=C/c1nc2ccccc2s1)NCc1ccc(S(=O)(=O)N2CCCCC2)cc1. The van der Waals surface area contributed by atoms with Crippen LogP contribution in [0.5, 0.6) is 0 Å². The lowest BCUT2D eigenvalue weighted by molar-refractivity contribution is -0.116. The zero-order valence-electron chi connectivity index (χ0n) is 16.5. The Bertz CT molecular complexity index is 1130. The quantitative estimate of drug-likeness (QED) is 0.590. The Morgan fingerprint density at radius 2 is 1.80 bits per heavy atom. The number of nitrogens with one attached hydrogen (secondary N) is 1. The van der Waals surface area contributed by atoms with Crippen molar-refractivity contribution in [3.8, 4) is 0 Å². The number of hydrogen-bond acceptors (Lipinski definition) is 5. The maximum atomic E-state index is 12.7. The van der Waals surface area contributed by atoms with Crippen LogP contribution in [0.4, 0.5) is 0 Å². The zero-order valence-corrected chi connectivity index (χ0v) is 18.1. The number of nitrogens with zero attached hydrogens (tertiary/aromatic N) is 2. The number of para-hydroxylation sites is 1. The van der Waals surface area contributed by atoms with Gasteiger partial charge in [-0.15, -0.1) is 11.3 Å². The molecule has 30 heavy (non-hydrogen) atoms. The topological polar surface area (TPSA) is 79.4 Å². The molecule has 3 aromatic rings. The van der Waals surface area contributed by atoms with Crippen molar-refractivity contribution in [2.75, 3.05) is 13.1 Å². The van der Waals surface area contributed by atoms with Gasteiger partial charge in [0.15, 0.2) is 0 Å². The number of piperidine rings is 1. The second-order valence-electron chi connectivity index (χ2n) is 7.18. The Hall–Kier alpha value is -2.55. The van der Waals surface area contributed by atoms with Crippen LogP contribution in [0.1, 0.15) is 29.8 Å². The third-order valence-electron chi connectivity index (χ3n) is 5.03. The molecule has 0 aliphatic carbocycles. The number of carbonyl (C=O) groups excluding carboxylic acids is 1. The first kappa shape index (κ1) is 20.7. The fraction of sp³-hybridized carbons (Fsp3) is 0.273. The molecule has 1 fully saturated rings. The third kappa shape index (κ3) is 4.77. The van der Waals surface area contributed by atoms with Crippen LogP contribution in [0.25, 0.3) is 16.3 Å². The van der Waals surface area contributed by atoms with E-state index in [1.54, 1.807) is 34.6 Å². The highest BCUT2D eigenvalue weighted by atomic mass is 32.2. The molecule has 1 amide bonds. The number of thiazole rings is 1. The van der Waals surface area contributed by atoms with Gasteiger partial charge < -0.3 is 5.32 Å². The molecule has 0 unspecified atom stereocenters. The van der Waals surface area contributed by atoms with Gasteiger partial charge in [-0.1, -0.05) is 30.7 Å². The molecule has 1 saturated heterocycles. The molecule has 0 bridgehead atoms. The summed E-state index contributed by atoms with van der Waals surface area (Å²) in [4.78, 5) is 16.9. The van der Waals surface area contributed by atoms with E-state index >= 15 is 0 Å². The average molecular weight is 442 g/mol. The Balaban J connectivity index is 1.33. The molecule has 1 aromatic heterocycles. The molecule has 0 saturated carbocycles. The molecule has 1 aliphatic rings. The number of amides is 1. The van der Waals surface area contributed by atoms with Crippen molar-refractivity contribution in [1.29, 1.82) is 0 Å². The van der Waals surface area contributed by atoms with E-state index < -0.39 is 10.0 Å². The lowest BCUT2D eigenvalue weighted by Gasteiger charge is -2.25. The minimum Gasteiger partial charge on any atom is -0.348 e. The van der Waals surface area contributed by atoms with E-state index in [1.165, 1.54) is 17.4 Å². The Morgan fingerprint density at radius 3 is 2.53 bits per heavy atom. The largest absolute Gasteiger partial charge is 0.348 e. The molecule has 4 rings (SSSR count). The van der Waals surface area contributed by atoms with Gasteiger partial charge >= 0.3 is 0 Å². The fourth-order valence-electron chi connectivity index (χ4n) is 3.39. The number of aromatic nitrogens is 1. The predicted molar refractivity (Wildman–Crippen MR) is 120 cm³/mol. The molecule has 0 radical (unpaired) electrons. The van der Waals surface area contributed by atoms with Crippen molar-refractivity contribution < 1.29 is 13.2 Å². The van der Waals surface area contributed by atoms with Gasteiger partial charge in [0.25, 0.3) is 0 Å². The fourth-order valence-corrected chi connectivity index (χ4v) is 5.78. The molecule has 1 N–H and O–H groups in total. The molecule has 6 nitrogen and oxygen atoms in total. The first-order valence-corrected chi connectivity index (χ1v) is 12.2. The summed E-state index contributed by atoms with van der Waals surface area (Å²) in [6.07, 6.45) is 6.07. The molecular formula is C22H23N3O3S2. The zero-order chi connectivity index (χ0) is 21.0. The number of fused-ring (bicyclic) bond motifs is 1. The second-order valence-corrected chi connectivity index (χ2v) is 10.2. The summed E-state index contributed by atoms with van der Waals surface area (Å²) in [5.41, 5.74) is 1.76. The Kier molecular flexibility index (Phi) is 6.26. The van der Waals surface area contributed by atoms with Gasteiger partial charge in [0.05, 0.1) is 15.1 Å². The van der Waals surface area contributed by atoms with Gasteiger partial charge in [0, 0.05) is 25.7 Å². The van der Waals surface area contributed by atoms with Crippen LogP contribution < -0.4 is 5.32 Å². The van der Waals surface area contributed by atoms with E-state index in [-0.39, 0.29) is 5.91 Å². The van der Waals surface area contributed by atoms with E-state index in [2.05, 4.69) is 10.3 Å². The second kappa shape index (κ2) is 9.07. The number of rotatable bonds is 6. The van der Waals surface area contributed by atoms with Gasteiger partial charge in [0.1, 0.15) is 5.01 Å². The van der Waals surface area contributed by atoms with Crippen molar-refractivity contribution in [3.63, 3.8) is 0 Å². The summed E-state index contributed by atoms with van der Waals surface area (Å²) in [7, 11) is -3.43. The lowest BCUT2D eigenvalue weighted by Crippen LogP contribution is -2.35. The van der Waals surface area contributed by atoms with Crippen molar-refractivity contribution >= 4 is 43.6 Å². The van der Waals surface area contributed by atoms with Crippen LogP contribution in [0.2, 0.25) is 0 Å². The minimum atomic E-state index is -3.43. The lowest BCUT2D eigenvalue weighted by atomic mass is 10.2. The van der Waals surface area contributed by atoms with Gasteiger partial charge in [-0.3, -0.25) is 4.79 Å². The van der Waals surface area contributed by atoms with E-state index in [1.807, 2.05) is 24.3 Å². The highest BCUT2D eigenvalue weighted by Crippen LogP contribution is 2.22. The molecular weight excluding hydrogens is 418 g/mol. The minimum absolute atomic E-state index is 0.223. The van der Waals surface area contributed by atoms with Gasteiger partial charge in [-0.25, -0.2) is 13.4 Å². The molecule has 8 heteroatoms. The molecule has 156 valence electrons. The number of hydrogen-bond donors (Lipinski definition) is 1. The summed E-state index contributed by atoms with van der Waals surface area (Å²) in [5, 5.41) is 3.59. The Morgan fingerprint density at radius 1 is 1.07 bits per heavy atom. The van der Waals surface area contributed by atoms with Gasteiger partial charge in [0.2, 0.25) is 15.9 Å². The Labute approximate surface area is 180 Å². The molecule has 0 spiro atoms. The van der Waals surface area contributed by atoms with Crippen LogP contribution in [0, 0.1) is 0 Å². The first-order chi connectivity index (χ1) is 14.5.